The molecule has 0 radical (unpaired) electrons. The molecule has 5 nitrogen and oxygen atoms in total. The maximum Gasteiger partial charge on any atom is 0.230 e. The summed E-state index contributed by atoms with van der Waals surface area (Å²) in [6.45, 7) is 2.01. The van der Waals surface area contributed by atoms with E-state index in [2.05, 4.69) is 50.4 Å². The highest BCUT2D eigenvalue weighted by Crippen LogP contribution is 2.37. The van der Waals surface area contributed by atoms with Crippen molar-refractivity contribution in [1.29, 1.82) is 0 Å². The van der Waals surface area contributed by atoms with E-state index in [4.69, 9.17) is 0 Å². The highest BCUT2D eigenvalue weighted by molar-refractivity contribution is 7.99. The van der Waals surface area contributed by atoms with Gasteiger partial charge < -0.3 is 9.88 Å². The number of carbonyl (C=O) groups excluding carboxylic acids is 1. The topological polar surface area (TPSA) is 59.8 Å². The zero-order valence-electron chi connectivity index (χ0n) is 14.1. The van der Waals surface area contributed by atoms with Crippen LogP contribution in [0.2, 0.25) is 0 Å². The van der Waals surface area contributed by atoms with Crippen LogP contribution in [0.25, 0.3) is 10.8 Å². The lowest BCUT2D eigenvalue weighted by atomic mass is 10.0. The van der Waals surface area contributed by atoms with Gasteiger partial charge in [0.25, 0.3) is 0 Å². The molecule has 1 atom stereocenters. The second kappa shape index (κ2) is 6.88. The van der Waals surface area contributed by atoms with Crippen LogP contribution in [0.1, 0.15) is 37.4 Å². The highest BCUT2D eigenvalue weighted by atomic mass is 32.2. The van der Waals surface area contributed by atoms with Crippen molar-refractivity contribution in [3.63, 3.8) is 0 Å². The molecule has 25 heavy (non-hydrogen) atoms. The minimum absolute atomic E-state index is 0.0102. The fourth-order valence-electron chi connectivity index (χ4n) is 2.91. The van der Waals surface area contributed by atoms with Gasteiger partial charge in [0.1, 0.15) is 6.33 Å². The lowest BCUT2D eigenvalue weighted by Gasteiger charge is -2.15. The Morgan fingerprint density at radius 3 is 2.88 bits per heavy atom. The lowest BCUT2D eigenvalue weighted by molar-refractivity contribution is -0.119. The summed E-state index contributed by atoms with van der Waals surface area (Å²) in [6, 6.07) is 15.0. The van der Waals surface area contributed by atoms with E-state index in [-0.39, 0.29) is 11.9 Å². The third kappa shape index (κ3) is 3.69. The summed E-state index contributed by atoms with van der Waals surface area (Å²) in [5.41, 5.74) is 1.11. The summed E-state index contributed by atoms with van der Waals surface area (Å²) in [6.07, 6.45) is 4.11. The van der Waals surface area contributed by atoms with Gasteiger partial charge in [0.15, 0.2) is 5.16 Å². The van der Waals surface area contributed by atoms with Gasteiger partial charge in [0.2, 0.25) is 5.91 Å². The summed E-state index contributed by atoms with van der Waals surface area (Å²) in [5.74, 6) is 0.361. The summed E-state index contributed by atoms with van der Waals surface area (Å²) < 4.78 is 2.07. The Bertz CT molecular complexity index is 903. The molecule has 1 aliphatic carbocycles. The molecule has 1 aromatic heterocycles. The van der Waals surface area contributed by atoms with Crippen LogP contribution in [0.15, 0.2) is 53.9 Å². The Kier molecular flexibility index (Phi) is 4.44. The zero-order valence-corrected chi connectivity index (χ0v) is 14.9. The van der Waals surface area contributed by atoms with Crippen LogP contribution in [-0.4, -0.2) is 26.4 Å². The predicted octanol–water partition coefficient (Wildman–Crippen LogP) is 3.74. The summed E-state index contributed by atoms with van der Waals surface area (Å²) in [7, 11) is 0. The number of rotatable bonds is 6. The quantitative estimate of drug-likeness (QED) is 0.687. The predicted molar refractivity (Wildman–Crippen MR) is 99.5 cm³/mol. The number of thioether (sulfide) groups is 1. The average molecular weight is 352 g/mol. The zero-order chi connectivity index (χ0) is 17.2. The van der Waals surface area contributed by atoms with Gasteiger partial charge in [-0.05, 0) is 42.2 Å². The van der Waals surface area contributed by atoms with Crippen LogP contribution < -0.4 is 5.32 Å². The number of fused-ring (bicyclic) bond motifs is 1. The second-order valence-electron chi connectivity index (χ2n) is 6.44. The van der Waals surface area contributed by atoms with E-state index < -0.39 is 0 Å². The molecular weight excluding hydrogens is 332 g/mol. The Balaban J connectivity index is 1.36. The van der Waals surface area contributed by atoms with Gasteiger partial charge in [0, 0.05) is 6.04 Å². The molecule has 0 spiro atoms. The number of amides is 1. The normalized spacial score (nSPS) is 15.2. The van der Waals surface area contributed by atoms with E-state index >= 15 is 0 Å². The first-order chi connectivity index (χ1) is 12.2. The van der Waals surface area contributed by atoms with Gasteiger partial charge >= 0.3 is 0 Å². The van der Waals surface area contributed by atoms with Crippen molar-refractivity contribution in [3.8, 4) is 0 Å². The van der Waals surface area contributed by atoms with Gasteiger partial charge in [-0.25, -0.2) is 0 Å². The van der Waals surface area contributed by atoms with E-state index in [1.807, 2.05) is 19.1 Å². The van der Waals surface area contributed by atoms with Crippen LogP contribution >= 0.6 is 11.8 Å². The van der Waals surface area contributed by atoms with Crippen molar-refractivity contribution >= 4 is 28.4 Å². The largest absolute Gasteiger partial charge is 0.349 e. The molecule has 1 heterocycles. The third-order valence-electron chi connectivity index (χ3n) is 4.46. The van der Waals surface area contributed by atoms with Crippen molar-refractivity contribution in [3.05, 3.63) is 54.4 Å². The first-order valence-corrected chi connectivity index (χ1v) is 9.49. The van der Waals surface area contributed by atoms with Gasteiger partial charge in [-0.1, -0.05) is 48.2 Å². The molecule has 3 aromatic rings. The van der Waals surface area contributed by atoms with Crippen LogP contribution in [0.5, 0.6) is 0 Å². The minimum atomic E-state index is -0.0287. The highest BCUT2D eigenvalue weighted by Gasteiger charge is 2.26. The van der Waals surface area contributed by atoms with E-state index in [9.17, 15) is 4.79 Å². The molecule has 6 heteroatoms. The number of aromatic nitrogens is 3. The van der Waals surface area contributed by atoms with E-state index in [1.54, 1.807) is 6.33 Å². The first kappa shape index (κ1) is 16.1. The van der Waals surface area contributed by atoms with Crippen molar-refractivity contribution in [2.75, 3.05) is 5.75 Å². The average Bonchev–Trinajstić information content (AvgIpc) is 3.37. The molecule has 0 saturated heterocycles. The van der Waals surface area contributed by atoms with Gasteiger partial charge in [-0.2, -0.15) is 0 Å². The molecule has 128 valence electrons. The maximum atomic E-state index is 12.3. The first-order valence-electron chi connectivity index (χ1n) is 8.51. The maximum absolute atomic E-state index is 12.3. The second-order valence-corrected chi connectivity index (χ2v) is 7.38. The molecule has 1 aliphatic rings. The van der Waals surface area contributed by atoms with Crippen LogP contribution in [0, 0.1) is 0 Å². The molecule has 1 unspecified atom stereocenters. The van der Waals surface area contributed by atoms with Gasteiger partial charge in [-0.3, -0.25) is 4.79 Å². The Hall–Kier alpha value is -2.34. The van der Waals surface area contributed by atoms with Crippen molar-refractivity contribution in [2.45, 2.75) is 37.0 Å². The Labute approximate surface area is 150 Å². The number of benzene rings is 2. The molecule has 1 saturated carbocycles. The Morgan fingerprint density at radius 1 is 1.28 bits per heavy atom. The number of nitrogens with zero attached hydrogens (tertiary/aromatic N) is 3. The molecule has 1 fully saturated rings. The molecule has 2 aromatic carbocycles. The van der Waals surface area contributed by atoms with E-state index in [0.29, 0.717) is 11.8 Å². The third-order valence-corrected chi connectivity index (χ3v) is 5.42. The fraction of sp³-hybridized carbons (Fsp3) is 0.316. The number of carbonyl (C=O) groups is 1. The van der Waals surface area contributed by atoms with E-state index in [0.717, 1.165) is 10.7 Å². The smallest absolute Gasteiger partial charge is 0.230 e. The number of hydrogen-bond acceptors (Lipinski definition) is 4. The van der Waals surface area contributed by atoms with Crippen molar-refractivity contribution < 1.29 is 4.79 Å². The molecule has 4 rings (SSSR count). The Morgan fingerprint density at radius 2 is 2.08 bits per heavy atom. The number of nitrogens with one attached hydrogen (secondary N) is 1. The monoisotopic (exact) mass is 352 g/mol. The fourth-order valence-corrected chi connectivity index (χ4v) is 3.71. The van der Waals surface area contributed by atoms with Gasteiger partial charge in [-0.15, -0.1) is 10.2 Å². The van der Waals surface area contributed by atoms with Gasteiger partial charge in [0.05, 0.1) is 11.8 Å². The summed E-state index contributed by atoms with van der Waals surface area (Å²) in [4.78, 5) is 12.3. The standard InChI is InChI=1S/C19H20N4OS/c1-13(15-7-6-14-4-2-3-5-16(14)10-15)21-18(24)11-25-19-22-20-12-23(19)17-8-9-17/h2-7,10,12-13,17H,8-9,11H2,1H3,(H,21,24). The SMILES string of the molecule is CC(NC(=O)CSc1nncn1C1CC1)c1ccc2ccccc2c1. The molecule has 1 amide bonds. The van der Waals surface area contributed by atoms with Crippen LogP contribution in [0.3, 0.4) is 0 Å². The molecule has 1 N–H and O–H groups in total. The minimum Gasteiger partial charge on any atom is -0.349 e. The molecule has 0 aliphatic heterocycles. The van der Waals surface area contributed by atoms with Crippen LogP contribution in [-0.2, 0) is 4.79 Å². The molecular formula is C19H20N4OS. The lowest BCUT2D eigenvalue weighted by Crippen LogP contribution is -2.28. The number of hydrogen-bond donors (Lipinski definition) is 1. The summed E-state index contributed by atoms with van der Waals surface area (Å²) >= 11 is 1.45. The van der Waals surface area contributed by atoms with E-state index in [1.165, 1.54) is 35.4 Å². The van der Waals surface area contributed by atoms with Crippen molar-refractivity contribution in [2.24, 2.45) is 0 Å². The van der Waals surface area contributed by atoms with Crippen LogP contribution in [0.4, 0.5) is 0 Å². The molecule has 0 bridgehead atoms. The van der Waals surface area contributed by atoms with Crippen molar-refractivity contribution in [1.82, 2.24) is 20.1 Å². The summed E-state index contributed by atoms with van der Waals surface area (Å²) in [5, 5.41) is 14.4.